The first-order valence-electron chi connectivity index (χ1n) is 39.9. The molecule has 0 atom stereocenters. The van der Waals surface area contributed by atoms with Crippen LogP contribution in [0.5, 0.6) is 0 Å². The minimum Gasteiger partial charge on any atom is -0.354 e. The van der Waals surface area contributed by atoms with Crippen LogP contribution in [-0.2, 0) is 4.57 Å². The molecule has 10 heterocycles. The molecule has 18 rings (SSSR count). The molecule has 572 valence electrons. The molecular formula is C105H89N8O3P. The van der Waals surface area contributed by atoms with E-state index in [-0.39, 0.29) is 5.30 Å². The second-order valence-corrected chi connectivity index (χ2v) is 34.0. The first kappa shape index (κ1) is 75.0. The molecule has 0 radical (unpaired) electrons. The largest absolute Gasteiger partial charge is 0.356 e. The quantitative estimate of drug-likeness (QED) is 0.0617. The van der Waals surface area contributed by atoms with Crippen molar-refractivity contribution in [2.24, 2.45) is 0 Å². The lowest BCUT2D eigenvalue weighted by Crippen LogP contribution is -2.02. The number of H-pyrrole nitrogens is 4. The molecule has 117 heavy (non-hydrogen) atoms. The summed E-state index contributed by atoms with van der Waals surface area (Å²) in [5.41, 5.74) is 48.7. The van der Waals surface area contributed by atoms with Gasteiger partial charge >= 0.3 is 7.60 Å². The van der Waals surface area contributed by atoms with Gasteiger partial charge in [-0.25, -0.2) is 19.9 Å². The van der Waals surface area contributed by atoms with Crippen LogP contribution in [0.1, 0.15) is 140 Å². The van der Waals surface area contributed by atoms with Gasteiger partial charge in [-0.15, -0.1) is 0 Å². The molecule has 11 nitrogen and oxygen atoms in total. The zero-order valence-electron chi connectivity index (χ0n) is 68.5. The van der Waals surface area contributed by atoms with Crippen LogP contribution in [0, 0.1) is 116 Å². The van der Waals surface area contributed by atoms with Crippen LogP contribution in [0.2, 0.25) is 0 Å². The Hall–Kier alpha value is -13.3. The molecule has 0 spiro atoms. The first-order chi connectivity index (χ1) is 56.2. The van der Waals surface area contributed by atoms with Gasteiger partial charge in [0.1, 0.15) is 0 Å². The molecule has 8 aromatic carbocycles. The Labute approximate surface area is 682 Å². The molecule has 0 amide bonds. The monoisotopic (exact) mass is 1540 g/mol. The number of aromatic nitrogens is 8. The minimum atomic E-state index is -4.54. The van der Waals surface area contributed by atoms with E-state index >= 15 is 0 Å². The van der Waals surface area contributed by atoms with Crippen molar-refractivity contribution in [1.82, 2.24) is 39.9 Å². The third-order valence-corrected chi connectivity index (χ3v) is 24.3. The SMILES string of the molecule is Cc1cc(C)c(-c2c3nc(c(-c4ccc(P(=O)(O)O)cc4)c4ccc([nH]4)c(-c4c(C)cc(C)cc4C)c4nc(c(-c5ccc(C#Cc6ccc(-c7c8nc(c(-c9c(C)cc(C)cc9C)c9ccc([nH]9)c(-c9c(C)cc(C)cc9C)c9nc(c(-c%10c(C)cc(C)cc%10C)c%10ccc7[nH]%10)C=C9)C=C8)cc6)cc5)c5ccc2[nH]5)C=C4)C=C3)c(C)c1. The highest BCUT2D eigenvalue weighted by atomic mass is 31.2. The van der Waals surface area contributed by atoms with Crippen molar-refractivity contribution >= 4 is 106 Å². The van der Waals surface area contributed by atoms with E-state index in [0.717, 1.165) is 218 Å². The maximum absolute atomic E-state index is 12.6. The average Bonchev–Trinajstić information content (AvgIpc) is 1.61. The Morgan fingerprint density at radius 1 is 0.231 bits per heavy atom. The second-order valence-electron chi connectivity index (χ2n) is 32.4. The summed E-state index contributed by atoms with van der Waals surface area (Å²) in [4.78, 5) is 59.0. The number of nitrogens with zero attached hydrogens (tertiary/aromatic N) is 4. The average molecular weight is 1540 g/mol. The van der Waals surface area contributed by atoms with Gasteiger partial charge in [-0.3, -0.25) is 4.57 Å². The summed E-state index contributed by atoms with van der Waals surface area (Å²) < 4.78 is 12.6. The van der Waals surface area contributed by atoms with Gasteiger partial charge in [-0.2, -0.15) is 0 Å². The minimum absolute atomic E-state index is 0.0596. The van der Waals surface area contributed by atoms with Crippen LogP contribution in [0.3, 0.4) is 0 Å². The Morgan fingerprint density at radius 3 is 0.590 bits per heavy atom. The summed E-state index contributed by atoms with van der Waals surface area (Å²) in [6.45, 7) is 32.7. The van der Waals surface area contributed by atoms with Gasteiger partial charge in [-0.1, -0.05) is 137 Å². The zero-order chi connectivity index (χ0) is 81.3. The summed E-state index contributed by atoms with van der Waals surface area (Å²) in [6, 6.07) is 63.5. The fourth-order valence-electron chi connectivity index (χ4n) is 18.9. The molecule has 6 N–H and O–H groups in total. The van der Waals surface area contributed by atoms with E-state index in [1.54, 1.807) is 12.1 Å². The normalized spacial score (nSPS) is 12.3. The lowest BCUT2D eigenvalue weighted by molar-refractivity contribution is 0.387. The zero-order valence-corrected chi connectivity index (χ0v) is 69.4. The Balaban J connectivity index is 0.797. The summed E-state index contributed by atoms with van der Waals surface area (Å²) in [6.07, 6.45) is 17.1. The van der Waals surface area contributed by atoms with Crippen molar-refractivity contribution in [3.05, 3.63) is 322 Å². The van der Waals surface area contributed by atoms with E-state index < -0.39 is 7.60 Å². The number of aromatic amines is 4. The van der Waals surface area contributed by atoms with Crippen molar-refractivity contribution in [2.45, 2.75) is 104 Å². The van der Waals surface area contributed by atoms with Gasteiger partial charge in [-0.05, 0) is 338 Å². The number of aryl methyl sites for hydroxylation is 15. The van der Waals surface area contributed by atoms with E-state index in [1.807, 2.05) is 6.08 Å². The van der Waals surface area contributed by atoms with E-state index in [9.17, 15) is 14.4 Å². The lowest BCUT2D eigenvalue weighted by Gasteiger charge is -2.14. The van der Waals surface area contributed by atoms with Crippen molar-refractivity contribution in [2.75, 3.05) is 0 Å². The fraction of sp³-hybridized carbons (Fsp3) is 0.143. The molecule has 0 saturated carbocycles. The van der Waals surface area contributed by atoms with Gasteiger partial charge in [0.05, 0.1) is 50.9 Å². The summed E-state index contributed by atoms with van der Waals surface area (Å²) in [5.74, 6) is 7.11. The van der Waals surface area contributed by atoms with Crippen LogP contribution >= 0.6 is 7.60 Å². The molecular weight excluding hydrogens is 1450 g/mol. The van der Waals surface area contributed by atoms with E-state index in [4.69, 9.17) is 19.9 Å². The molecule has 14 aromatic rings. The number of fused-ring (bicyclic) bond motifs is 16. The van der Waals surface area contributed by atoms with Crippen LogP contribution in [-0.4, -0.2) is 49.7 Å². The van der Waals surface area contributed by atoms with E-state index in [0.29, 0.717) is 5.69 Å². The van der Waals surface area contributed by atoms with Crippen molar-refractivity contribution in [3.63, 3.8) is 0 Å². The van der Waals surface area contributed by atoms with Gasteiger partial charge in [0.15, 0.2) is 0 Å². The molecule has 0 aliphatic carbocycles. The fourth-order valence-corrected chi connectivity index (χ4v) is 19.5. The van der Waals surface area contributed by atoms with Crippen LogP contribution < -0.4 is 5.30 Å². The number of hydrogen-bond donors (Lipinski definition) is 6. The van der Waals surface area contributed by atoms with Gasteiger partial charge < -0.3 is 29.7 Å². The third-order valence-electron chi connectivity index (χ3n) is 23.3. The van der Waals surface area contributed by atoms with Crippen LogP contribution in [0.4, 0.5) is 0 Å². The predicted octanol–water partition coefficient (Wildman–Crippen LogP) is 25.8. The maximum atomic E-state index is 12.6. The van der Waals surface area contributed by atoms with Crippen molar-refractivity contribution in [1.29, 1.82) is 0 Å². The highest BCUT2D eigenvalue weighted by Gasteiger charge is 2.27. The lowest BCUT2D eigenvalue weighted by atomic mass is 9.92. The van der Waals surface area contributed by atoms with Gasteiger partial charge in [0.25, 0.3) is 0 Å². The number of nitrogens with one attached hydrogen (secondary N) is 4. The Bertz CT molecular complexity index is 7040. The van der Waals surface area contributed by atoms with Crippen molar-refractivity contribution in [3.8, 4) is 101 Å². The number of benzene rings is 8. The molecule has 12 heteroatoms. The topological polar surface area (TPSA) is 172 Å². The van der Waals surface area contributed by atoms with Gasteiger partial charge in [0.2, 0.25) is 0 Å². The molecule has 16 bridgehead atoms. The smallest absolute Gasteiger partial charge is 0.354 e. The van der Waals surface area contributed by atoms with Gasteiger partial charge in [0, 0.05) is 99.8 Å². The Kier molecular flexibility index (Phi) is 18.7. The van der Waals surface area contributed by atoms with Crippen LogP contribution in [0.25, 0.3) is 182 Å². The standard InChI is InChI=1S/C105H89N8O3P/c1-56-46-61(6)93(62(7)47-56)101-83-36-30-77(106-83)98(78-31-37-84(107-78)102(94-63(8)48-57(2)49-64(94)9)86-41-35-82(111-86)100(81-34-40-85(101)110-81)75-26-28-76(29-27-75)117(114,115)116)73-22-18-71(19-23-73)16-17-72-20-24-74(25-21-72)99-79-32-38-87(108-79)103(95-65(10)50-58(3)51-66(95)11)89-42-44-91(112-89)105(97-69(14)54-60(5)55-70(97)15)92-45-43-90(113-92)104(88-39-33-80(99)109-88)96-67(12)52-59(4)53-68(96)13/h18-55,106,108,111,113H,1-15H3,(H2,114,115,116). The summed E-state index contributed by atoms with van der Waals surface area (Å²) >= 11 is 0. The van der Waals surface area contributed by atoms with E-state index in [2.05, 4.69) is 336 Å². The molecule has 4 aliphatic heterocycles. The van der Waals surface area contributed by atoms with Crippen molar-refractivity contribution < 1.29 is 14.4 Å². The summed E-state index contributed by atoms with van der Waals surface area (Å²) in [5, 5.41) is -0.0596. The van der Waals surface area contributed by atoms with Crippen LogP contribution in [0.15, 0.2) is 182 Å². The highest BCUT2D eigenvalue weighted by Crippen LogP contribution is 2.47. The molecule has 0 fully saturated rings. The molecule has 6 aromatic heterocycles. The Morgan fingerprint density at radius 2 is 0.402 bits per heavy atom. The summed E-state index contributed by atoms with van der Waals surface area (Å²) in [7, 11) is -4.54. The number of rotatable bonds is 9. The highest BCUT2D eigenvalue weighted by molar-refractivity contribution is 7.60. The molecule has 4 aliphatic rings. The van der Waals surface area contributed by atoms with E-state index in [1.165, 1.54) is 62.2 Å². The molecule has 0 unspecified atom stereocenters. The molecule has 0 saturated heterocycles. The maximum Gasteiger partial charge on any atom is 0.356 e. The third kappa shape index (κ3) is 13.7. The predicted molar refractivity (Wildman–Crippen MR) is 490 cm³/mol. The second kappa shape index (κ2) is 29.2. The number of hydrogen-bond acceptors (Lipinski definition) is 5. The first-order valence-corrected chi connectivity index (χ1v) is 41.5.